The summed E-state index contributed by atoms with van der Waals surface area (Å²) in [6.45, 7) is 10.4. The maximum atomic E-state index is 13.0. The molecule has 2 aromatic carbocycles. The number of hydrogen-bond donors (Lipinski definition) is 1. The Bertz CT molecular complexity index is 997. The second kappa shape index (κ2) is 9.04. The number of Topliss-reactive ketones (excluding diaryl/α,β-unsaturated/α-hetero) is 1. The lowest BCUT2D eigenvalue weighted by atomic mass is 9.84. The summed E-state index contributed by atoms with van der Waals surface area (Å²) in [6.07, 6.45) is 0.767. The summed E-state index contributed by atoms with van der Waals surface area (Å²) in [4.78, 5) is 32.0. The number of rotatable bonds is 7. The van der Waals surface area contributed by atoms with Gasteiger partial charge in [0.1, 0.15) is 0 Å². The van der Waals surface area contributed by atoms with Crippen molar-refractivity contribution in [2.75, 3.05) is 0 Å². The van der Waals surface area contributed by atoms with Crippen LogP contribution in [0.5, 0.6) is 0 Å². The molecule has 1 heterocycles. The number of nitrogens with two attached hydrogens (primary N) is 1. The van der Waals surface area contributed by atoms with Crippen molar-refractivity contribution in [1.82, 2.24) is 4.90 Å². The quantitative estimate of drug-likeness (QED) is 0.653. The lowest BCUT2D eigenvalue weighted by molar-refractivity contribution is -0.130. The van der Waals surface area contributed by atoms with Gasteiger partial charge in [0.15, 0.2) is 11.7 Å². The van der Waals surface area contributed by atoms with Gasteiger partial charge in [-0.15, -0.1) is 0 Å². The number of nitrogens with zero attached hydrogens (tertiary/aromatic N) is 2. The van der Waals surface area contributed by atoms with Gasteiger partial charge in [-0.25, -0.2) is 4.99 Å². The minimum atomic E-state index is -0.473. The fourth-order valence-corrected chi connectivity index (χ4v) is 3.99. The SMILES string of the molecule is Cc1cc(CN2C(=O)C[C@@](C)(C(C)C)N=C2N)cc(C(=O)C[C@@H](C)c2ccccc2)c1. The first kappa shape index (κ1) is 22.7. The van der Waals surface area contributed by atoms with Crippen LogP contribution in [0.15, 0.2) is 53.5 Å². The number of aryl methyl sites for hydroxylation is 1. The van der Waals surface area contributed by atoms with Gasteiger partial charge in [0, 0.05) is 12.0 Å². The highest BCUT2D eigenvalue weighted by Gasteiger charge is 2.38. The molecule has 5 heteroatoms. The van der Waals surface area contributed by atoms with Crippen molar-refractivity contribution in [3.05, 3.63) is 70.8 Å². The zero-order chi connectivity index (χ0) is 22.8. The predicted octanol–water partition coefficient (Wildman–Crippen LogP) is 4.83. The summed E-state index contributed by atoms with van der Waals surface area (Å²) < 4.78 is 0. The van der Waals surface area contributed by atoms with E-state index in [-0.39, 0.29) is 29.5 Å². The molecule has 0 aromatic heterocycles. The third-order valence-corrected chi connectivity index (χ3v) is 6.36. The molecule has 1 amide bonds. The fourth-order valence-electron chi connectivity index (χ4n) is 3.99. The molecule has 0 spiro atoms. The Morgan fingerprint density at radius 3 is 2.45 bits per heavy atom. The second-order valence-electron chi connectivity index (χ2n) is 9.28. The molecule has 2 atom stereocenters. The van der Waals surface area contributed by atoms with E-state index in [0.29, 0.717) is 24.9 Å². The summed E-state index contributed by atoms with van der Waals surface area (Å²) >= 11 is 0. The Morgan fingerprint density at radius 2 is 1.84 bits per heavy atom. The summed E-state index contributed by atoms with van der Waals surface area (Å²) in [5.41, 5.74) is 9.41. The van der Waals surface area contributed by atoms with Crippen molar-refractivity contribution in [2.45, 2.75) is 65.5 Å². The zero-order valence-corrected chi connectivity index (χ0v) is 19.2. The van der Waals surface area contributed by atoms with Crippen LogP contribution in [0.1, 0.15) is 73.5 Å². The van der Waals surface area contributed by atoms with Crippen LogP contribution in [-0.4, -0.2) is 28.1 Å². The average Bonchev–Trinajstić information content (AvgIpc) is 2.71. The highest BCUT2D eigenvalue weighted by atomic mass is 16.2. The van der Waals surface area contributed by atoms with E-state index < -0.39 is 5.54 Å². The maximum absolute atomic E-state index is 13.0. The van der Waals surface area contributed by atoms with E-state index in [2.05, 4.69) is 37.9 Å². The highest BCUT2D eigenvalue weighted by Crippen LogP contribution is 2.30. The van der Waals surface area contributed by atoms with Gasteiger partial charge < -0.3 is 5.73 Å². The van der Waals surface area contributed by atoms with E-state index in [1.54, 1.807) is 0 Å². The zero-order valence-electron chi connectivity index (χ0n) is 19.2. The molecule has 0 bridgehead atoms. The molecule has 0 saturated carbocycles. The van der Waals surface area contributed by atoms with Gasteiger partial charge in [-0.2, -0.15) is 0 Å². The molecule has 1 aliphatic rings. The van der Waals surface area contributed by atoms with Crippen LogP contribution in [0.3, 0.4) is 0 Å². The summed E-state index contributed by atoms with van der Waals surface area (Å²) in [5, 5.41) is 0. The van der Waals surface area contributed by atoms with Crippen LogP contribution < -0.4 is 5.73 Å². The molecular weight excluding hydrogens is 386 g/mol. The molecule has 0 aliphatic carbocycles. The number of amides is 1. The Morgan fingerprint density at radius 1 is 1.16 bits per heavy atom. The molecule has 2 aromatic rings. The summed E-state index contributed by atoms with van der Waals surface area (Å²) in [5.74, 6) is 0.667. The molecule has 2 N–H and O–H groups in total. The lowest BCUT2D eigenvalue weighted by Crippen LogP contribution is -2.51. The number of benzene rings is 2. The van der Waals surface area contributed by atoms with Gasteiger partial charge in [0.05, 0.1) is 18.5 Å². The molecular formula is C26H33N3O2. The van der Waals surface area contributed by atoms with Crippen molar-refractivity contribution in [3.8, 4) is 0 Å². The molecule has 3 rings (SSSR count). The smallest absolute Gasteiger partial charge is 0.232 e. The Hall–Kier alpha value is -2.95. The first-order valence-corrected chi connectivity index (χ1v) is 10.9. The van der Waals surface area contributed by atoms with Gasteiger partial charge >= 0.3 is 0 Å². The number of hydrogen-bond acceptors (Lipinski definition) is 4. The van der Waals surface area contributed by atoms with Crippen LogP contribution in [0, 0.1) is 12.8 Å². The predicted molar refractivity (Wildman–Crippen MR) is 125 cm³/mol. The highest BCUT2D eigenvalue weighted by molar-refractivity contribution is 5.99. The number of carbonyl (C=O) groups excluding carboxylic acids is 2. The molecule has 0 radical (unpaired) electrons. The minimum absolute atomic E-state index is 0.0317. The third kappa shape index (κ3) is 5.22. The fraction of sp³-hybridized carbons (Fsp3) is 0.423. The molecule has 31 heavy (non-hydrogen) atoms. The lowest BCUT2D eigenvalue weighted by Gasteiger charge is -2.37. The molecule has 0 saturated heterocycles. The maximum Gasteiger partial charge on any atom is 0.232 e. The summed E-state index contributed by atoms with van der Waals surface area (Å²) in [6, 6.07) is 15.8. The van der Waals surface area contributed by atoms with Crippen molar-refractivity contribution >= 4 is 17.6 Å². The second-order valence-corrected chi connectivity index (χ2v) is 9.28. The van der Waals surface area contributed by atoms with Crippen molar-refractivity contribution in [2.24, 2.45) is 16.6 Å². The minimum Gasteiger partial charge on any atom is -0.369 e. The van der Waals surface area contributed by atoms with Crippen LogP contribution >= 0.6 is 0 Å². The molecule has 164 valence electrons. The topological polar surface area (TPSA) is 75.8 Å². The number of guanidine groups is 1. The number of ketones is 1. The number of aliphatic imine (C=N–C) groups is 1. The Balaban J connectivity index is 1.78. The van der Waals surface area contributed by atoms with Crippen LogP contribution in [0.4, 0.5) is 0 Å². The van der Waals surface area contributed by atoms with Gasteiger partial charge in [-0.05, 0) is 48.9 Å². The van der Waals surface area contributed by atoms with Crippen LogP contribution in [-0.2, 0) is 11.3 Å². The van der Waals surface area contributed by atoms with Crippen LogP contribution in [0.2, 0.25) is 0 Å². The molecule has 1 aliphatic heterocycles. The van der Waals surface area contributed by atoms with Gasteiger partial charge in [0.2, 0.25) is 5.91 Å². The Labute approximate surface area is 185 Å². The van der Waals surface area contributed by atoms with E-state index in [9.17, 15) is 9.59 Å². The van der Waals surface area contributed by atoms with E-state index in [0.717, 1.165) is 16.7 Å². The third-order valence-electron chi connectivity index (χ3n) is 6.36. The van der Waals surface area contributed by atoms with Gasteiger partial charge in [0.25, 0.3) is 0 Å². The largest absolute Gasteiger partial charge is 0.369 e. The average molecular weight is 420 g/mol. The monoisotopic (exact) mass is 419 g/mol. The van der Waals surface area contributed by atoms with Crippen molar-refractivity contribution < 1.29 is 9.59 Å². The van der Waals surface area contributed by atoms with E-state index in [1.165, 1.54) is 4.90 Å². The van der Waals surface area contributed by atoms with Gasteiger partial charge in [-0.1, -0.05) is 62.7 Å². The summed E-state index contributed by atoms with van der Waals surface area (Å²) in [7, 11) is 0. The first-order valence-electron chi connectivity index (χ1n) is 10.9. The van der Waals surface area contributed by atoms with E-state index >= 15 is 0 Å². The standard InChI is InChI=1S/C26H33N3O2/c1-17(2)26(5)15-24(31)29(25(27)28-26)16-20-11-18(3)12-22(14-20)23(30)13-19(4)21-9-7-6-8-10-21/h6-12,14,17,19H,13,15-16H2,1-5H3,(H2,27,28)/t19-,26+/m1/s1. The molecule has 0 fully saturated rings. The first-order chi connectivity index (χ1) is 14.6. The van der Waals surface area contributed by atoms with E-state index in [1.807, 2.05) is 50.2 Å². The van der Waals surface area contributed by atoms with Crippen LogP contribution in [0.25, 0.3) is 0 Å². The van der Waals surface area contributed by atoms with E-state index in [4.69, 9.17) is 5.73 Å². The van der Waals surface area contributed by atoms with Gasteiger partial charge in [-0.3, -0.25) is 14.5 Å². The normalized spacial score (nSPS) is 20.0. The molecule has 5 nitrogen and oxygen atoms in total. The number of carbonyl (C=O) groups is 2. The Kier molecular flexibility index (Phi) is 6.63. The molecule has 0 unspecified atom stereocenters. The van der Waals surface area contributed by atoms with Crippen molar-refractivity contribution in [1.29, 1.82) is 0 Å². The van der Waals surface area contributed by atoms with Crippen molar-refractivity contribution in [3.63, 3.8) is 0 Å².